The maximum absolute atomic E-state index is 13.6. The van der Waals surface area contributed by atoms with Gasteiger partial charge in [0.05, 0.1) is 23.0 Å². The molecule has 1 fully saturated rings. The third-order valence-electron chi connectivity index (χ3n) is 4.32. The Morgan fingerprint density at radius 2 is 2.08 bits per heavy atom. The van der Waals surface area contributed by atoms with E-state index in [-0.39, 0.29) is 17.8 Å². The molecular weight excluding hydrogens is 349 g/mol. The van der Waals surface area contributed by atoms with Gasteiger partial charge in [-0.1, -0.05) is 0 Å². The number of halogens is 3. The number of aromatic nitrogens is 4. The molecule has 1 saturated heterocycles. The summed E-state index contributed by atoms with van der Waals surface area (Å²) in [5.74, 6) is -3.64. The van der Waals surface area contributed by atoms with Crippen molar-refractivity contribution in [1.29, 1.82) is 0 Å². The van der Waals surface area contributed by atoms with Crippen LogP contribution in [0.1, 0.15) is 30.1 Å². The van der Waals surface area contributed by atoms with Gasteiger partial charge in [-0.15, -0.1) is 0 Å². The predicted octanol–water partition coefficient (Wildman–Crippen LogP) is 3.18. The van der Waals surface area contributed by atoms with Crippen LogP contribution < -0.4 is 10.6 Å². The van der Waals surface area contributed by atoms with Crippen LogP contribution in [0.15, 0.2) is 12.4 Å². The molecule has 26 heavy (non-hydrogen) atoms. The minimum absolute atomic E-state index is 0.125. The smallest absolute Gasteiger partial charge is 0.306 e. The number of nitrogens with one attached hydrogen (secondary N) is 2. The SMILES string of the molecule is CNc1nc(Nc2cn(C3CCOCC3)nc2C)ncc1C(F)(F)CF. The Bertz CT molecular complexity index is 760. The van der Waals surface area contributed by atoms with Crippen molar-refractivity contribution in [2.45, 2.75) is 31.7 Å². The van der Waals surface area contributed by atoms with Gasteiger partial charge in [0.25, 0.3) is 0 Å². The van der Waals surface area contributed by atoms with Crippen molar-refractivity contribution in [3.05, 3.63) is 23.7 Å². The van der Waals surface area contributed by atoms with Gasteiger partial charge in [-0.3, -0.25) is 4.68 Å². The maximum Gasteiger partial charge on any atom is 0.306 e. The van der Waals surface area contributed by atoms with Crippen LogP contribution in [0.3, 0.4) is 0 Å². The number of hydrogen-bond donors (Lipinski definition) is 2. The second-order valence-corrected chi connectivity index (χ2v) is 6.12. The summed E-state index contributed by atoms with van der Waals surface area (Å²) in [5, 5.41) is 10.0. The van der Waals surface area contributed by atoms with Crippen molar-refractivity contribution in [3.63, 3.8) is 0 Å². The van der Waals surface area contributed by atoms with E-state index >= 15 is 0 Å². The Balaban J connectivity index is 1.82. The zero-order valence-corrected chi connectivity index (χ0v) is 14.6. The molecule has 2 aromatic heterocycles. The van der Waals surface area contributed by atoms with Crippen LogP contribution in [-0.2, 0) is 10.7 Å². The molecule has 142 valence electrons. The quantitative estimate of drug-likeness (QED) is 0.813. The summed E-state index contributed by atoms with van der Waals surface area (Å²) in [6.45, 7) is 1.42. The Morgan fingerprint density at radius 3 is 2.73 bits per heavy atom. The van der Waals surface area contributed by atoms with E-state index in [4.69, 9.17) is 4.74 Å². The van der Waals surface area contributed by atoms with E-state index < -0.39 is 18.2 Å². The molecular formula is C16H21F3N6O. The Hall–Kier alpha value is -2.36. The average Bonchev–Trinajstić information content (AvgIpc) is 3.02. The highest BCUT2D eigenvalue weighted by Gasteiger charge is 2.35. The molecule has 7 nitrogen and oxygen atoms in total. The lowest BCUT2D eigenvalue weighted by atomic mass is 10.1. The van der Waals surface area contributed by atoms with E-state index in [2.05, 4.69) is 25.7 Å². The van der Waals surface area contributed by atoms with Crippen LogP contribution in [0.5, 0.6) is 0 Å². The first kappa shape index (κ1) is 18.4. The fourth-order valence-electron chi connectivity index (χ4n) is 2.83. The fourth-order valence-corrected chi connectivity index (χ4v) is 2.83. The summed E-state index contributed by atoms with van der Waals surface area (Å²) in [5.41, 5.74) is 0.843. The first-order valence-electron chi connectivity index (χ1n) is 8.34. The van der Waals surface area contributed by atoms with Gasteiger partial charge in [0.2, 0.25) is 5.95 Å². The molecule has 1 aliphatic rings. The summed E-state index contributed by atoms with van der Waals surface area (Å²) in [7, 11) is 1.44. The van der Waals surface area contributed by atoms with Crippen LogP contribution in [-0.4, -0.2) is 46.7 Å². The van der Waals surface area contributed by atoms with Crippen LogP contribution in [0.2, 0.25) is 0 Å². The van der Waals surface area contributed by atoms with Crippen LogP contribution in [0, 0.1) is 6.92 Å². The van der Waals surface area contributed by atoms with E-state index in [1.165, 1.54) is 7.05 Å². The molecule has 0 spiro atoms. The van der Waals surface area contributed by atoms with Gasteiger partial charge < -0.3 is 15.4 Å². The van der Waals surface area contributed by atoms with E-state index in [1.54, 1.807) is 0 Å². The zero-order valence-electron chi connectivity index (χ0n) is 14.6. The molecule has 0 amide bonds. The maximum atomic E-state index is 13.6. The standard InChI is InChI=1S/C16H21F3N6O/c1-10-13(8-25(24-10)11-3-5-26-6-4-11)22-15-21-7-12(14(20-2)23-15)16(18,19)9-17/h7-8,11H,3-6,9H2,1-2H3,(H2,20,21,22,23). The number of rotatable bonds is 6. The molecule has 2 aromatic rings. The van der Waals surface area contributed by atoms with Crippen molar-refractivity contribution in [2.75, 3.05) is 37.6 Å². The van der Waals surface area contributed by atoms with E-state index in [0.29, 0.717) is 18.9 Å². The van der Waals surface area contributed by atoms with Crippen molar-refractivity contribution in [1.82, 2.24) is 19.7 Å². The Kier molecular flexibility index (Phi) is 5.30. The fraction of sp³-hybridized carbons (Fsp3) is 0.562. The normalized spacial score (nSPS) is 15.9. The van der Waals surface area contributed by atoms with Crippen molar-refractivity contribution in [3.8, 4) is 0 Å². The Labute approximate surface area is 149 Å². The number of anilines is 3. The number of ether oxygens (including phenoxy) is 1. The summed E-state index contributed by atoms with van der Waals surface area (Å²) in [4.78, 5) is 7.92. The lowest BCUT2D eigenvalue weighted by Crippen LogP contribution is -2.20. The van der Waals surface area contributed by atoms with Crippen LogP contribution >= 0.6 is 0 Å². The Morgan fingerprint density at radius 1 is 1.35 bits per heavy atom. The number of aryl methyl sites for hydroxylation is 1. The molecule has 10 heteroatoms. The van der Waals surface area contributed by atoms with E-state index in [1.807, 2.05) is 17.8 Å². The largest absolute Gasteiger partial charge is 0.381 e. The van der Waals surface area contributed by atoms with Crippen molar-refractivity contribution >= 4 is 17.5 Å². The lowest BCUT2D eigenvalue weighted by Gasteiger charge is -2.22. The molecule has 0 bridgehead atoms. The minimum atomic E-state index is -3.64. The first-order valence-corrected chi connectivity index (χ1v) is 8.34. The van der Waals surface area contributed by atoms with E-state index in [9.17, 15) is 13.2 Å². The number of hydrogen-bond acceptors (Lipinski definition) is 6. The highest BCUT2D eigenvalue weighted by atomic mass is 19.3. The number of alkyl halides is 3. The first-order chi connectivity index (χ1) is 12.4. The minimum Gasteiger partial charge on any atom is -0.381 e. The molecule has 0 unspecified atom stereocenters. The summed E-state index contributed by atoms with van der Waals surface area (Å²) in [6.07, 6.45) is 4.54. The second kappa shape index (κ2) is 7.48. The van der Waals surface area contributed by atoms with Gasteiger partial charge >= 0.3 is 5.92 Å². The molecule has 0 atom stereocenters. The molecule has 3 heterocycles. The highest BCUT2D eigenvalue weighted by molar-refractivity contribution is 5.58. The monoisotopic (exact) mass is 370 g/mol. The predicted molar refractivity (Wildman–Crippen MR) is 90.8 cm³/mol. The highest BCUT2D eigenvalue weighted by Crippen LogP contribution is 2.33. The van der Waals surface area contributed by atoms with Crippen LogP contribution in [0.4, 0.5) is 30.6 Å². The van der Waals surface area contributed by atoms with Crippen LogP contribution in [0.25, 0.3) is 0 Å². The summed E-state index contributed by atoms with van der Waals surface area (Å²) in [6, 6.07) is 0.261. The van der Waals surface area contributed by atoms with Gasteiger partial charge in [-0.2, -0.15) is 18.9 Å². The van der Waals surface area contributed by atoms with E-state index in [0.717, 1.165) is 24.7 Å². The van der Waals surface area contributed by atoms with Crippen molar-refractivity contribution in [2.24, 2.45) is 0 Å². The van der Waals surface area contributed by atoms with Gasteiger partial charge in [-0.25, -0.2) is 9.37 Å². The summed E-state index contributed by atoms with van der Waals surface area (Å²) >= 11 is 0. The molecule has 0 radical (unpaired) electrons. The zero-order chi connectivity index (χ0) is 18.7. The average molecular weight is 370 g/mol. The number of nitrogens with zero attached hydrogens (tertiary/aromatic N) is 4. The molecule has 3 rings (SSSR count). The lowest BCUT2D eigenvalue weighted by molar-refractivity contribution is -0.0279. The van der Waals surface area contributed by atoms with Gasteiger partial charge in [0.15, 0.2) is 6.67 Å². The summed E-state index contributed by atoms with van der Waals surface area (Å²) < 4.78 is 47.1. The van der Waals surface area contributed by atoms with Gasteiger partial charge in [0, 0.05) is 32.7 Å². The molecule has 0 aromatic carbocycles. The second-order valence-electron chi connectivity index (χ2n) is 6.12. The third kappa shape index (κ3) is 3.74. The molecule has 0 aliphatic carbocycles. The van der Waals surface area contributed by atoms with Crippen molar-refractivity contribution < 1.29 is 17.9 Å². The topological polar surface area (TPSA) is 76.9 Å². The molecule has 1 aliphatic heterocycles. The van der Waals surface area contributed by atoms with Gasteiger partial charge in [-0.05, 0) is 19.8 Å². The van der Waals surface area contributed by atoms with Gasteiger partial charge in [0.1, 0.15) is 5.82 Å². The third-order valence-corrected chi connectivity index (χ3v) is 4.32. The molecule has 2 N–H and O–H groups in total. The molecule has 0 saturated carbocycles.